The molecule has 0 radical (unpaired) electrons. The van der Waals surface area contributed by atoms with Crippen LogP contribution in [-0.4, -0.2) is 74.0 Å². The Morgan fingerprint density at radius 1 is 0.615 bits per heavy atom. The van der Waals surface area contributed by atoms with Crippen molar-refractivity contribution in [2.45, 2.75) is 64.0 Å². The minimum absolute atomic E-state index is 0.00233. The average Bonchev–Trinajstić information content (AvgIpc) is 3.47. The van der Waals surface area contributed by atoms with Crippen LogP contribution in [0.3, 0.4) is 0 Å². The smallest absolute Gasteiger partial charge is 0.337 e. The van der Waals surface area contributed by atoms with Gasteiger partial charge in [-0.05, 0) is 16.7 Å². The lowest BCUT2D eigenvalue weighted by molar-refractivity contribution is -0.220. The van der Waals surface area contributed by atoms with Crippen LogP contribution >= 0.6 is 0 Å². The van der Waals surface area contributed by atoms with Crippen molar-refractivity contribution >= 4 is 47.4 Å². The molecule has 3 aliphatic rings. The van der Waals surface area contributed by atoms with Crippen LogP contribution < -0.4 is 0 Å². The molecule has 0 saturated carbocycles. The summed E-state index contributed by atoms with van der Waals surface area (Å²) in [5.41, 5.74) is 0.673. The van der Waals surface area contributed by atoms with Gasteiger partial charge in [0.2, 0.25) is 0 Å². The molecule has 0 aromatic heterocycles. The fraction of sp³-hybridized carbons (Fsp3) is 0.417. The summed E-state index contributed by atoms with van der Waals surface area (Å²) < 4.78 is 0. The molecule has 1 atom stereocenters. The van der Waals surface area contributed by atoms with Gasteiger partial charge in [-0.1, -0.05) is 18.2 Å². The second-order valence-electron chi connectivity index (χ2n) is 8.98. The number of rotatable bonds is 9. The molecule has 15 nitrogen and oxygen atoms in total. The third kappa shape index (κ3) is 6.62. The van der Waals surface area contributed by atoms with E-state index in [0.717, 1.165) is 0 Å². The van der Waals surface area contributed by atoms with Crippen LogP contribution in [0.25, 0.3) is 0 Å². The fourth-order valence-corrected chi connectivity index (χ4v) is 4.13. The van der Waals surface area contributed by atoms with Crippen molar-refractivity contribution in [2.24, 2.45) is 0 Å². The SMILES string of the molecule is O=C(Cc1cc(CC(=O)ON2C(=O)CCC2=O)cc(CC(=O)ON2C(=O)CCC2O)c1)ON1C(=O)CCC1=O. The molecule has 3 fully saturated rings. The number of carbonyl (C=O) groups excluding carboxylic acids is 8. The lowest BCUT2D eigenvalue weighted by Crippen LogP contribution is -2.35. The van der Waals surface area contributed by atoms with Gasteiger partial charge in [-0.25, -0.2) is 14.4 Å². The normalized spacial score (nSPS) is 19.3. The number of carbonyl (C=O) groups is 8. The fourth-order valence-electron chi connectivity index (χ4n) is 4.13. The molecule has 3 aliphatic heterocycles. The summed E-state index contributed by atoms with van der Waals surface area (Å²) >= 11 is 0. The van der Waals surface area contributed by atoms with Gasteiger partial charge in [0.25, 0.3) is 29.5 Å². The highest BCUT2D eigenvalue weighted by Gasteiger charge is 2.35. The van der Waals surface area contributed by atoms with Crippen LogP contribution in [0.5, 0.6) is 0 Å². The van der Waals surface area contributed by atoms with Gasteiger partial charge in [0.15, 0.2) is 6.23 Å². The number of imide groups is 2. The Morgan fingerprint density at radius 3 is 1.31 bits per heavy atom. The Morgan fingerprint density at radius 2 is 0.974 bits per heavy atom. The maximum Gasteiger partial charge on any atom is 0.337 e. The third-order valence-electron chi connectivity index (χ3n) is 5.89. The van der Waals surface area contributed by atoms with Crippen molar-refractivity contribution in [2.75, 3.05) is 0 Å². The number of aliphatic hydroxyl groups excluding tert-OH is 1. The molecule has 0 aliphatic carbocycles. The molecule has 3 saturated heterocycles. The lowest BCUT2D eigenvalue weighted by atomic mass is 10.00. The summed E-state index contributed by atoms with van der Waals surface area (Å²) in [5, 5.41) is 11.1. The predicted molar refractivity (Wildman–Crippen MR) is 120 cm³/mol. The van der Waals surface area contributed by atoms with Crippen molar-refractivity contribution in [1.29, 1.82) is 0 Å². The molecule has 4 rings (SSSR count). The average molecular weight is 545 g/mol. The minimum atomic E-state index is -1.28. The van der Waals surface area contributed by atoms with Gasteiger partial charge in [0.05, 0.1) is 19.3 Å². The van der Waals surface area contributed by atoms with Gasteiger partial charge in [-0.2, -0.15) is 0 Å². The van der Waals surface area contributed by atoms with E-state index in [9.17, 15) is 43.5 Å². The first-order valence-electron chi connectivity index (χ1n) is 12.0. The van der Waals surface area contributed by atoms with Crippen molar-refractivity contribution in [3.05, 3.63) is 34.9 Å². The summed E-state index contributed by atoms with van der Waals surface area (Å²) in [5.74, 6) is -6.10. The zero-order valence-corrected chi connectivity index (χ0v) is 20.5. The number of hydroxylamine groups is 6. The Kier molecular flexibility index (Phi) is 7.99. The summed E-state index contributed by atoms with van der Waals surface area (Å²) in [6.45, 7) is 0. The maximum atomic E-state index is 12.5. The van der Waals surface area contributed by atoms with E-state index in [4.69, 9.17) is 14.5 Å². The zero-order chi connectivity index (χ0) is 28.3. The number of amides is 5. The minimum Gasteiger partial charge on any atom is -0.370 e. The molecule has 39 heavy (non-hydrogen) atoms. The number of aliphatic hydroxyl groups is 1. The van der Waals surface area contributed by atoms with Gasteiger partial charge in [0.1, 0.15) is 0 Å². The Bertz CT molecular complexity index is 1170. The van der Waals surface area contributed by atoms with Crippen molar-refractivity contribution in [1.82, 2.24) is 15.2 Å². The van der Waals surface area contributed by atoms with E-state index in [-0.39, 0.29) is 55.2 Å². The molecular formula is C24H23N3O12. The van der Waals surface area contributed by atoms with Crippen molar-refractivity contribution in [3.8, 4) is 0 Å². The molecule has 1 N–H and O–H groups in total. The summed E-state index contributed by atoms with van der Waals surface area (Å²) in [4.78, 5) is 111. The molecule has 1 aromatic rings. The topological polar surface area (TPSA) is 194 Å². The number of benzene rings is 1. The molecule has 15 heteroatoms. The van der Waals surface area contributed by atoms with E-state index in [1.807, 2.05) is 0 Å². The Hall–Kier alpha value is -4.66. The molecule has 5 amide bonds. The van der Waals surface area contributed by atoms with Crippen LogP contribution in [0.4, 0.5) is 0 Å². The number of nitrogens with zero attached hydrogens (tertiary/aromatic N) is 3. The van der Waals surface area contributed by atoms with E-state index in [2.05, 4.69) is 0 Å². The quantitative estimate of drug-likeness (QED) is 0.370. The second kappa shape index (κ2) is 11.4. The monoisotopic (exact) mass is 545 g/mol. The third-order valence-corrected chi connectivity index (χ3v) is 5.89. The van der Waals surface area contributed by atoms with Gasteiger partial charge in [-0.3, -0.25) is 24.0 Å². The summed E-state index contributed by atoms with van der Waals surface area (Å²) in [6, 6.07) is 4.20. The van der Waals surface area contributed by atoms with Crippen LogP contribution in [0, 0.1) is 0 Å². The van der Waals surface area contributed by atoms with E-state index in [1.54, 1.807) is 0 Å². The maximum absolute atomic E-state index is 12.5. The molecule has 0 bridgehead atoms. The highest BCUT2D eigenvalue weighted by Crippen LogP contribution is 2.20. The molecule has 1 aromatic carbocycles. The van der Waals surface area contributed by atoms with Crippen LogP contribution in [-0.2, 0) is 72.1 Å². The predicted octanol–water partition coefficient (Wildman–Crippen LogP) is -1.07. The molecule has 206 valence electrons. The van der Waals surface area contributed by atoms with Crippen LogP contribution in [0.2, 0.25) is 0 Å². The van der Waals surface area contributed by atoms with Gasteiger partial charge >= 0.3 is 17.9 Å². The summed E-state index contributed by atoms with van der Waals surface area (Å²) in [7, 11) is 0. The van der Waals surface area contributed by atoms with E-state index < -0.39 is 72.9 Å². The first kappa shape index (κ1) is 27.4. The molecular weight excluding hydrogens is 522 g/mol. The Balaban J connectivity index is 1.49. The first-order valence-corrected chi connectivity index (χ1v) is 12.0. The van der Waals surface area contributed by atoms with Gasteiger partial charge in [-0.15, -0.1) is 15.2 Å². The Labute approximate surface area is 220 Å². The van der Waals surface area contributed by atoms with E-state index in [0.29, 0.717) is 15.2 Å². The van der Waals surface area contributed by atoms with Crippen LogP contribution in [0.15, 0.2) is 18.2 Å². The van der Waals surface area contributed by atoms with Crippen molar-refractivity contribution in [3.63, 3.8) is 0 Å². The second-order valence-corrected chi connectivity index (χ2v) is 8.98. The van der Waals surface area contributed by atoms with Gasteiger partial charge < -0.3 is 19.6 Å². The molecule has 3 heterocycles. The highest BCUT2D eigenvalue weighted by molar-refractivity contribution is 6.02. The lowest BCUT2D eigenvalue weighted by Gasteiger charge is -2.19. The molecule has 0 spiro atoms. The van der Waals surface area contributed by atoms with Crippen LogP contribution in [0.1, 0.15) is 55.2 Å². The standard InChI is InChI=1S/C24H23N3O12/c28-16-1-2-17(29)25(16)37-22(34)10-13-7-14(11-23(35)38-26-18(30)3-4-19(26)31)9-15(8-13)12-24(36)39-27-20(32)5-6-21(27)33/h7-9,16,28H,1-6,10-12H2. The van der Waals surface area contributed by atoms with E-state index in [1.165, 1.54) is 18.2 Å². The molecule has 1 unspecified atom stereocenters. The highest BCUT2D eigenvalue weighted by atomic mass is 16.7. The first-order chi connectivity index (χ1) is 18.5. The van der Waals surface area contributed by atoms with Crippen molar-refractivity contribution < 1.29 is 58.0 Å². The van der Waals surface area contributed by atoms with Gasteiger partial charge in [0, 0.05) is 38.5 Å². The zero-order valence-electron chi connectivity index (χ0n) is 20.5. The van der Waals surface area contributed by atoms with E-state index >= 15 is 0 Å². The summed E-state index contributed by atoms with van der Waals surface area (Å²) in [6.07, 6.45) is -2.91. The number of hydrogen-bond acceptors (Lipinski definition) is 12. The number of hydrogen-bond donors (Lipinski definition) is 1. The largest absolute Gasteiger partial charge is 0.370 e.